The molecule has 1 fully saturated rings. The van der Waals surface area contributed by atoms with Crippen LogP contribution in [0.1, 0.15) is 32.3 Å². The van der Waals surface area contributed by atoms with Crippen molar-refractivity contribution in [3.05, 3.63) is 30.0 Å². The lowest BCUT2D eigenvalue weighted by Gasteiger charge is -2.36. The standard InChI is InChI=1S/C20H27N3O2/c1-13(2)20(24)22-15-7-6-10-23(12-15)19-14(3)11-21-18-16(19)8-5-9-17(18)25-4/h5,8-9,11,13,15H,6-7,10,12H2,1-4H3,(H,22,24)/t15-/m1/s1. The van der Waals surface area contributed by atoms with Crippen molar-refractivity contribution >= 4 is 22.5 Å². The van der Waals surface area contributed by atoms with Crippen molar-refractivity contribution in [3.63, 3.8) is 0 Å². The topological polar surface area (TPSA) is 54.5 Å². The summed E-state index contributed by atoms with van der Waals surface area (Å²) < 4.78 is 5.47. The Morgan fingerprint density at radius 1 is 1.40 bits per heavy atom. The number of carbonyl (C=O) groups excluding carboxylic acids is 1. The number of nitrogens with one attached hydrogen (secondary N) is 1. The Morgan fingerprint density at radius 2 is 2.20 bits per heavy atom. The highest BCUT2D eigenvalue weighted by molar-refractivity contribution is 5.96. The van der Waals surface area contributed by atoms with Crippen LogP contribution < -0.4 is 15.0 Å². The Bertz CT molecular complexity index is 773. The van der Waals surface area contributed by atoms with Crippen LogP contribution in [0.25, 0.3) is 10.9 Å². The third-order valence-corrected chi connectivity index (χ3v) is 4.84. The Kier molecular flexibility index (Phi) is 5.11. The van der Waals surface area contributed by atoms with E-state index in [1.165, 1.54) is 5.69 Å². The van der Waals surface area contributed by atoms with Gasteiger partial charge in [-0.1, -0.05) is 26.0 Å². The first-order valence-corrected chi connectivity index (χ1v) is 8.99. The van der Waals surface area contributed by atoms with Gasteiger partial charge < -0.3 is 15.0 Å². The van der Waals surface area contributed by atoms with Crippen molar-refractivity contribution in [2.24, 2.45) is 5.92 Å². The van der Waals surface area contributed by atoms with Crippen LogP contribution in [-0.2, 0) is 4.79 Å². The van der Waals surface area contributed by atoms with Crippen LogP contribution in [-0.4, -0.2) is 37.1 Å². The molecule has 1 amide bonds. The monoisotopic (exact) mass is 341 g/mol. The summed E-state index contributed by atoms with van der Waals surface area (Å²) in [6, 6.07) is 6.24. The molecule has 0 unspecified atom stereocenters. The molecule has 0 bridgehead atoms. The summed E-state index contributed by atoms with van der Waals surface area (Å²) in [5.41, 5.74) is 3.24. The number of hydrogen-bond acceptors (Lipinski definition) is 4. The number of para-hydroxylation sites is 1. The second-order valence-electron chi connectivity index (χ2n) is 7.09. The summed E-state index contributed by atoms with van der Waals surface area (Å²) >= 11 is 0. The number of amides is 1. The molecule has 1 aromatic heterocycles. The first-order valence-electron chi connectivity index (χ1n) is 8.99. The summed E-state index contributed by atoms with van der Waals surface area (Å²) in [6.07, 6.45) is 4.01. The number of hydrogen-bond donors (Lipinski definition) is 1. The van der Waals surface area contributed by atoms with Gasteiger partial charge in [0.05, 0.1) is 12.8 Å². The Labute approximate surface area is 149 Å². The largest absolute Gasteiger partial charge is 0.494 e. The average molecular weight is 341 g/mol. The minimum Gasteiger partial charge on any atom is -0.494 e. The molecule has 0 aliphatic carbocycles. The number of nitrogens with zero attached hydrogens (tertiary/aromatic N) is 2. The molecular formula is C20H27N3O2. The van der Waals surface area contributed by atoms with Crippen molar-refractivity contribution in [1.29, 1.82) is 0 Å². The summed E-state index contributed by atoms with van der Waals surface area (Å²) in [4.78, 5) is 19.0. The number of aromatic nitrogens is 1. The zero-order valence-electron chi connectivity index (χ0n) is 15.5. The zero-order chi connectivity index (χ0) is 18.0. The number of ether oxygens (including phenoxy) is 1. The number of fused-ring (bicyclic) bond motifs is 1. The minimum atomic E-state index is 0.0168. The zero-order valence-corrected chi connectivity index (χ0v) is 15.5. The molecular weight excluding hydrogens is 314 g/mol. The molecule has 3 rings (SSSR count). The van der Waals surface area contributed by atoms with E-state index in [9.17, 15) is 4.79 Å². The molecule has 1 N–H and O–H groups in total. The van der Waals surface area contributed by atoms with Crippen molar-refractivity contribution in [2.45, 2.75) is 39.7 Å². The van der Waals surface area contributed by atoms with Crippen LogP contribution in [0.5, 0.6) is 5.75 Å². The second kappa shape index (κ2) is 7.30. The molecule has 1 aromatic carbocycles. The van der Waals surface area contributed by atoms with Gasteiger partial charge in [-0.05, 0) is 31.4 Å². The smallest absolute Gasteiger partial charge is 0.222 e. The molecule has 134 valence electrons. The number of piperidine rings is 1. The maximum absolute atomic E-state index is 12.1. The highest BCUT2D eigenvalue weighted by Gasteiger charge is 2.25. The van der Waals surface area contributed by atoms with E-state index in [1.807, 2.05) is 32.2 Å². The van der Waals surface area contributed by atoms with Gasteiger partial charge in [-0.25, -0.2) is 0 Å². The van der Waals surface area contributed by atoms with Crippen molar-refractivity contribution in [3.8, 4) is 5.75 Å². The number of rotatable bonds is 4. The van der Waals surface area contributed by atoms with E-state index >= 15 is 0 Å². The van der Waals surface area contributed by atoms with Crippen molar-refractivity contribution in [1.82, 2.24) is 10.3 Å². The fourth-order valence-corrected chi connectivity index (χ4v) is 3.53. The first-order chi connectivity index (χ1) is 12.0. The van der Waals surface area contributed by atoms with Gasteiger partial charge in [0.2, 0.25) is 5.91 Å². The average Bonchev–Trinajstić information content (AvgIpc) is 2.61. The number of methoxy groups -OCH3 is 1. The van der Waals surface area contributed by atoms with Gasteiger partial charge in [0.25, 0.3) is 0 Å². The highest BCUT2D eigenvalue weighted by Crippen LogP contribution is 2.34. The molecule has 1 atom stereocenters. The molecule has 0 spiro atoms. The third kappa shape index (κ3) is 3.55. The molecule has 2 aromatic rings. The number of pyridine rings is 1. The summed E-state index contributed by atoms with van der Waals surface area (Å²) in [6.45, 7) is 7.78. The van der Waals surface area contributed by atoms with Crippen LogP contribution in [0, 0.1) is 12.8 Å². The van der Waals surface area contributed by atoms with Crippen LogP contribution in [0.4, 0.5) is 5.69 Å². The SMILES string of the molecule is COc1cccc2c(N3CCC[C@@H](NC(=O)C(C)C)C3)c(C)cnc12. The third-order valence-electron chi connectivity index (χ3n) is 4.84. The maximum atomic E-state index is 12.1. The van der Waals surface area contributed by atoms with E-state index in [2.05, 4.69) is 28.2 Å². The fraction of sp³-hybridized carbons (Fsp3) is 0.500. The molecule has 2 heterocycles. The van der Waals surface area contributed by atoms with Gasteiger partial charge in [0, 0.05) is 36.6 Å². The van der Waals surface area contributed by atoms with Gasteiger partial charge in [0.15, 0.2) is 0 Å². The maximum Gasteiger partial charge on any atom is 0.222 e. The molecule has 5 nitrogen and oxygen atoms in total. The Hall–Kier alpha value is -2.30. The number of carbonyl (C=O) groups is 1. The van der Waals surface area contributed by atoms with Crippen LogP contribution in [0.3, 0.4) is 0 Å². The lowest BCUT2D eigenvalue weighted by Crippen LogP contribution is -2.49. The van der Waals surface area contributed by atoms with Gasteiger partial charge in [0.1, 0.15) is 11.3 Å². The Balaban J connectivity index is 1.93. The fourth-order valence-electron chi connectivity index (χ4n) is 3.53. The van der Waals surface area contributed by atoms with Gasteiger partial charge >= 0.3 is 0 Å². The predicted octanol–water partition coefficient (Wildman–Crippen LogP) is 3.29. The van der Waals surface area contributed by atoms with E-state index < -0.39 is 0 Å². The lowest BCUT2D eigenvalue weighted by atomic mass is 10.0. The molecule has 1 aliphatic rings. The van der Waals surface area contributed by atoms with Crippen molar-refractivity contribution < 1.29 is 9.53 Å². The minimum absolute atomic E-state index is 0.0168. The van der Waals surface area contributed by atoms with Crippen LogP contribution >= 0.6 is 0 Å². The lowest BCUT2D eigenvalue weighted by molar-refractivity contribution is -0.124. The quantitative estimate of drug-likeness (QED) is 0.927. The van der Waals surface area contributed by atoms with Gasteiger partial charge in [-0.2, -0.15) is 0 Å². The molecule has 1 aliphatic heterocycles. The van der Waals surface area contributed by atoms with Gasteiger partial charge in [-0.3, -0.25) is 9.78 Å². The van der Waals surface area contributed by atoms with E-state index in [0.717, 1.165) is 48.1 Å². The molecule has 0 saturated carbocycles. The number of benzene rings is 1. The normalized spacial score (nSPS) is 17.8. The molecule has 5 heteroatoms. The molecule has 1 saturated heterocycles. The van der Waals surface area contributed by atoms with Gasteiger partial charge in [-0.15, -0.1) is 0 Å². The summed E-state index contributed by atoms with van der Waals surface area (Å²) in [7, 11) is 1.67. The van der Waals surface area contributed by atoms with E-state index in [1.54, 1.807) is 7.11 Å². The summed E-state index contributed by atoms with van der Waals surface area (Å²) in [5, 5.41) is 4.29. The first kappa shape index (κ1) is 17.5. The van der Waals surface area contributed by atoms with Crippen LogP contribution in [0.2, 0.25) is 0 Å². The Morgan fingerprint density at radius 3 is 2.92 bits per heavy atom. The van der Waals surface area contributed by atoms with E-state index in [4.69, 9.17) is 4.74 Å². The van der Waals surface area contributed by atoms with Crippen LogP contribution in [0.15, 0.2) is 24.4 Å². The second-order valence-corrected chi connectivity index (χ2v) is 7.09. The molecule has 0 radical (unpaired) electrons. The molecule has 25 heavy (non-hydrogen) atoms. The van der Waals surface area contributed by atoms with Crippen molar-refractivity contribution in [2.75, 3.05) is 25.1 Å². The highest BCUT2D eigenvalue weighted by atomic mass is 16.5. The number of aryl methyl sites for hydroxylation is 1. The van der Waals surface area contributed by atoms with E-state index in [-0.39, 0.29) is 17.9 Å². The summed E-state index contributed by atoms with van der Waals surface area (Å²) in [5.74, 6) is 0.938. The van der Waals surface area contributed by atoms with E-state index in [0.29, 0.717) is 0 Å². The predicted molar refractivity (Wildman–Crippen MR) is 101 cm³/mol. The number of anilines is 1.